The Morgan fingerprint density at radius 2 is 1.66 bits per heavy atom. The van der Waals surface area contributed by atoms with E-state index in [-0.39, 0.29) is 18.4 Å². The summed E-state index contributed by atoms with van der Waals surface area (Å²) >= 11 is 19.9. The first-order chi connectivity index (χ1) is 15.2. The van der Waals surface area contributed by atoms with Crippen LogP contribution in [0.4, 0.5) is 0 Å². The van der Waals surface area contributed by atoms with Crippen molar-refractivity contribution in [1.82, 2.24) is 10.2 Å². The summed E-state index contributed by atoms with van der Waals surface area (Å²) in [5, 5.41) is 4.62. The molecule has 0 saturated carbocycles. The summed E-state index contributed by atoms with van der Waals surface area (Å²) in [7, 11) is 0. The van der Waals surface area contributed by atoms with Crippen LogP contribution in [0.5, 0.6) is 0 Å². The van der Waals surface area contributed by atoms with Gasteiger partial charge in [0, 0.05) is 39.5 Å². The van der Waals surface area contributed by atoms with Crippen LogP contribution in [0.25, 0.3) is 0 Å². The van der Waals surface area contributed by atoms with Crippen LogP contribution in [0.15, 0.2) is 47.4 Å². The Hall–Kier alpha value is -1.40. The highest BCUT2D eigenvalue weighted by Crippen LogP contribution is 2.25. The number of benzene rings is 2. The van der Waals surface area contributed by atoms with Gasteiger partial charge in [-0.05, 0) is 67.0 Å². The molecule has 2 aromatic carbocycles. The smallest absolute Gasteiger partial charge is 0.242 e. The Morgan fingerprint density at radius 1 is 1.00 bits per heavy atom. The number of nitrogens with one attached hydrogen (secondary N) is 1. The maximum atomic E-state index is 13.1. The van der Waals surface area contributed by atoms with Crippen molar-refractivity contribution in [1.29, 1.82) is 0 Å². The predicted molar refractivity (Wildman–Crippen MR) is 136 cm³/mol. The second-order valence-corrected chi connectivity index (χ2v) is 10.4. The summed E-state index contributed by atoms with van der Waals surface area (Å²) in [6.07, 6.45) is 1.03. The van der Waals surface area contributed by atoms with Gasteiger partial charge in [0.15, 0.2) is 0 Å². The van der Waals surface area contributed by atoms with E-state index < -0.39 is 6.04 Å². The lowest BCUT2D eigenvalue weighted by molar-refractivity contribution is -0.140. The lowest BCUT2D eigenvalue weighted by Gasteiger charge is -2.29. The Kier molecular flexibility index (Phi) is 11.2. The van der Waals surface area contributed by atoms with Gasteiger partial charge >= 0.3 is 0 Å². The van der Waals surface area contributed by atoms with Crippen LogP contribution in [0.2, 0.25) is 15.1 Å². The van der Waals surface area contributed by atoms with E-state index in [2.05, 4.69) is 5.32 Å². The third-order valence-corrected chi connectivity index (χ3v) is 6.76. The number of carbonyl (C=O) groups is 2. The number of rotatable bonds is 11. The van der Waals surface area contributed by atoms with Crippen molar-refractivity contribution >= 4 is 58.4 Å². The fourth-order valence-electron chi connectivity index (χ4n) is 2.96. The van der Waals surface area contributed by atoms with Crippen LogP contribution < -0.4 is 5.32 Å². The molecular weight excluding hydrogens is 487 g/mol. The normalized spacial score (nSPS) is 12.0. The van der Waals surface area contributed by atoms with Gasteiger partial charge in [0.25, 0.3) is 0 Å². The molecule has 0 aliphatic rings. The summed E-state index contributed by atoms with van der Waals surface area (Å²) in [6, 6.07) is 12.2. The van der Waals surface area contributed by atoms with Crippen LogP contribution in [0.1, 0.15) is 39.2 Å². The monoisotopic (exact) mass is 514 g/mol. The first kappa shape index (κ1) is 26.8. The second kappa shape index (κ2) is 13.3. The Bertz CT molecular complexity index is 907. The highest BCUT2D eigenvalue weighted by atomic mass is 35.5. The zero-order valence-corrected chi connectivity index (χ0v) is 21.6. The fourth-order valence-corrected chi connectivity index (χ4v) is 4.40. The molecular formula is C24H29Cl3N2O2S. The van der Waals surface area contributed by atoms with Crippen molar-refractivity contribution in [3.8, 4) is 0 Å². The van der Waals surface area contributed by atoms with Crippen LogP contribution >= 0.6 is 46.6 Å². The number of thioether (sulfide) groups is 1. The first-order valence-electron chi connectivity index (χ1n) is 10.6. The molecule has 32 heavy (non-hydrogen) atoms. The number of hydrogen-bond acceptors (Lipinski definition) is 3. The molecule has 0 heterocycles. The van der Waals surface area contributed by atoms with E-state index in [0.29, 0.717) is 40.4 Å². The maximum Gasteiger partial charge on any atom is 0.242 e. The molecule has 0 fully saturated rings. The molecule has 174 valence electrons. The summed E-state index contributed by atoms with van der Waals surface area (Å²) in [5.41, 5.74) is 0.753. The molecule has 1 N–H and O–H groups in total. The molecule has 0 bridgehead atoms. The zero-order valence-electron chi connectivity index (χ0n) is 18.5. The minimum atomic E-state index is -0.614. The molecule has 0 aromatic heterocycles. The zero-order chi connectivity index (χ0) is 23.7. The molecule has 0 spiro atoms. The van der Waals surface area contributed by atoms with E-state index in [0.717, 1.165) is 16.2 Å². The Morgan fingerprint density at radius 3 is 2.28 bits per heavy atom. The summed E-state index contributed by atoms with van der Waals surface area (Å²) in [5.74, 6) is 0.857. The van der Waals surface area contributed by atoms with E-state index in [9.17, 15) is 9.59 Å². The molecule has 2 aromatic rings. The molecule has 4 nitrogen and oxygen atoms in total. The van der Waals surface area contributed by atoms with Gasteiger partial charge in [0.05, 0.1) is 0 Å². The molecule has 2 rings (SSSR count). The van der Waals surface area contributed by atoms with Gasteiger partial charge in [-0.3, -0.25) is 9.59 Å². The Labute approximate surface area is 210 Å². The average Bonchev–Trinajstić information content (AvgIpc) is 2.75. The van der Waals surface area contributed by atoms with Crippen molar-refractivity contribution in [3.05, 3.63) is 63.1 Å². The maximum absolute atomic E-state index is 13.1. The second-order valence-electron chi connectivity index (χ2n) is 7.98. The fraction of sp³-hybridized carbons (Fsp3) is 0.417. The lowest BCUT2D eigenvalue weighted by Crippen LogP contribution is -2.48. The van der Waals surface area contributed by atoms with Crippen LogP contribution in [-0.2, 0) is 16.1 Å². The number of halogens is 3. The molecule has 1 atom stereocenters. The van der Waals surface area contributed by atoms with E-state index in [1.807, 2.05) is 38.1 Å². The van der Waals surface area contributed by atoms with Crippen molar-refractivity contribution in [2.75, 3.05) is 12.3 Å². The highest BCUT2D eigenvalue weighted by Gasteiger charge is 2.26. The number of hydrogen-bond donors (Lipinski definition) is 1. The molecule has 2 amide bonds. The van der Waals surface area contributed by atoms with Gasteiger partial charge in [-0.25, -0.2) is 0 Å². The van der Waals surface area contributed by atoms with Gasteiger partial charge in [0.2, 0.25) is 11.8 Å². The van der Waals surface area contributed by atoms with Gasteiger partial charge in [-0.15, -0.1) is 11.8 Å². The first-order valence-corrected chi connectivity index (χ1v) is 12.7. The number of nitrogens with zero attached hydrogens (tertiary/aromatic N) is 1. The minimum Gasteiger partial charge on any atom is -0.354 e. The van der Waals surface area contributed by atoms with Crippen LogP contribution in [0.3, 0.4) is 0 Å². The van der Waals surface area contributed by atoms with Crippen molar-refractivity contribution in [2.45, 2.75) is 51.1 Å². The number of carbonyl (C=O) groups excluding carboxylic acids is 2. The van der Waals surface area contributed by atoms with Gasteiger partial charge in [-0.1, -0.05) is 54.7 Å². The van der Waals surface area contributed by atoms with Gasteiger partial charge in [0.1, 0.15) is 6.04 Å². The van der Waals surface area contributed by atoms with E-state index in [1.165, 1.54) is 0 Å². The van der Waals surface area contributed by atoms with Gasteiger partial charge < -0.3 is 10.2 Å². The highest BCUT2D eigenvalue weighted by molar-refractivity contribution is 7.99. The molecule has 8 heteroatoms. The van der Waals surface area contributed by atoms with Crippen LogP contribution in [-0.4, -0.2) is 35.1 Å². The SMILES string of the molecule is CC(C)CNC(=O)[C@H](C)N(Cc1ccc(Cl)cc1Cl)C(=O)CCCSc1ccc(Cl)cc1. The molecule has 0 unspecified atom stereocenters. The molecule has 0 aliphatic carbocycles. The van der Waals surface area contributed by atoms with Crippen LogP contribution in [0, 0.1) is 5.92 Å². The molecule has 0 radical (unpaired) electrons. The quantitative estimate of drug-likeness (QED) is 0.267. The molecule has 0 aliphatic heterocycles. The molecule has 0 saturated heterocycles. The third-order valence-electron chi connectivity index (χ3n) is 4.82. The summed E-state index contributed by atoms with van der Waals surface area (Å²) in [4.78, 5) is 28.5. The minimum absolute atomic E-state index is 0.0834. The van der Waals surface area contributed by atoms with Crippen molar-refractivity contribution in [3.63, 3.8) is 0 Å². The topological polar surface area (TPSA) is 49.4 Å². The average molecular weight is 516 g/mol. The lowest BCUT2D eigenvalue weighted by atomic mass is 10.1. The third kappa shape index (κ3) is 8.86. The standard InChI is InChI=1S/C24H29Cl3N2O2S/c1-16(2)14-28-24(31)17(3)29(15-18-6-7-20(26)13-22(18)27)23(30)5-4-12-32-21-10-8-19(25)9-11-21/h6-11,13,16-17H,4-5,12,14-15H2,1-3H3,(H,28,31)/t17-/m0/s1. The van der Waals surface area contributed by atoms with E-state index >= 15 is 0 Å². The van der Waals surface area contributed by atoms with E-state index in [4.69, 9.17) is 34.8 Å². The number of amides is 2. The predicted octanol–water partition coefficient (Wildman–Crippen LogP) is 6.71. The Balaban J connectivity index is 2.03. The van der Waals surface area contributed by atoms with Crippen molar-refractivity contribution in [2.24, 2.45) is 5.92 Å². The largest absolute Gasteiger partial charge is 0.354 e. The van der Waals surface area contributed by atoms with E-state index in [1.54, 1.807) is 41.8 Å². The van der Waals surface area contributed by atoms with Crippen molar-refractivity contribution < 1.29 is 9.59 Å². The van der Waals surface area contributed by atoms with Gasteiger partial charge in [-0.2, -0.15) is 0 Å². The summed E-state index contributed by atoms with van der Waals surface area (Å²) in [6.45, 7) is 6.61. The summed E-state index contributed by atoms with van der Waals surface area (Å²) < 4.78 is 0.